The van der Waals surface area contributed by atoms with Crippen LogP contribution in [0.2, 0.25) is 0 Å². The first kappa shape index (κ1) is 19.0. The van der Waals surface area contributed by atoms with Crippen molar-refractivity contribution in [3.63, 3.8) is 0 Å². The Hall–Kier alpha value is -2.34. The van der Waals surface area contributed by atoms with E-state index >= 15 is 0 Å². The zero-order chi connectivity index (χ0) is 18.4. The summed E-state index contributed by atoms with van der Waals surface area (Å²) in [5, 5.41) is 7.99. The molecule has 1 aromatic carbocycles. The summed E-state index contributed by atoms with van der Waals surface area (Å²) in [6.45, 7) is 8.19. The van der Waals surface area contributed by atoms with Gasteiger partial charge in [0.05, 0.1) is 19.9 Å². The van der Waals surface area contributed by atoms with Crippen LogP contribution in [0, 0.1) is 5.92 Å². The Bertz CT molecular complexity index is 725. The number of ether oxygens (including phenoxy) is 2. The van der Waals surface area contributed by atoms with Gasteiger partial charge in [-0.15, -0.1) is 0 Å². The second-order valence-electron chi connectivity index (χ2n) is 6.06. The normalized spacial score (nSPS) is 18.3. The summed E-state index contributed by atoms with van der Waals surface area (Å²) in [6, 6.07) is 5.51. The molecule has 0 heterocycles. The highest BCUT2D eigenvalue weighted by molar-refractivity contribution is 7.80. The summed E-state index contributed by atoms with van der Waals surface area (Å²) in [6.07, 6.45) is 4.10. The van der Waals surface area contributed by atoms with Crippen LogP contribution in [-0.2, 0) is 0 Å². The summed E-state index contributed by atoms with van der Waals surface area (Å²) >= 11 is 5.33. The Kier molecular flexibility index (Phi) is 6.58. The largest absolute Gasteiger partial charge is 0.493 e. The SMILES string of the molecule is C=C(C)[C@H]1CC=C(C)C(=NNC(=S)Nc2ccc(OC)c(OC)c2)C1. The lowest BCUT2D eigenvalue weighted by atomic mass is 9.85. The minimum absolute atomic E-state index is 0.421. The molecule has 1 aliphatic rings. The molecule has 6 heteroatoms. The van der Waals surface area contributed by atoms with Gasteiger partial charge in [0.1, 0.15) is 0 Å². The lowest BCUT2D eigenvalue weighted by molar-refractivity contribution is 0.355. The van der Waals surface area contributed by atoms with Crippen LogP contribution in [-0.4, -0.2) is 25.0 Å². The third kappa shape index (κ3) is 5.06. The predicted octanol–water partition coefficient (Wildman–Crippen LogP) is 4.28. The molecular formula is C19H25N3O2S. The molecule has 0 unspecified atom stereocenters. The molecule has 5 nitrogen and oxygen atoms in total. The lowest BCUT2D eigenvalue weighted by Gasteiger charge is -2.22. The molecule has 25 heavy (non-hydrogen) atoms. The standard InChI is InChI=1S/C19H25N3O2S/c1-12(2)14-7-6-13(3)16(10-14)21-22-19(25)20-15-8-9-17(23-4)18(11-15)24-5/h6,8-9,11,14H,1,7,10H2,2-5H3,(H2,20,22,25)/t14-/m0/s1. The molecule has 1 aliphatic carbocycles. The number of nitrogens with zero attached hydrogens (tertiary/aromatic N) is 1. The highest BCUT2D eigenvalue weighted by Gasteiger charge is 2.18. The molecule has 0 radical (unpaired) electrons. The van der Waals surface area contributed by atoms with Crippen molar-refractivity contribution >= 4 is 28.7 Å². The van der Waals surface area contributed by atoms with Gasteiger partial charge in [0, 0.05) is 11.8 Å². The maximum atomic E-state index is 5.33. The molecule has 1 aromatic rings. The molecule has 0 saturated carbocycles. The number of anilines is 1. The molecule has 0 fully saturated rings. The summed E-state index contributed by atoms with van der Waals surface area (Å²) in [7, 11) is 3.20. The fourth-order valence-electron chi connectivity index (χ4n) is 2.62. The number of allylic oxidation sites excluding steroid dienone is 3. The quantitative estimate of drug-likeness (QED) is 0.467. The highest BCUT2D eigenvalue weighted by Crippen LogP contribution is 2.29. The van der Waals surface area contributed by atoms with Gasteiger partial charge >= 0.3 is 0 Å². The van der Waals surface area contributed by atoms with Gasteiger partial charge in [-0.3, -0.25) is 5.43 Å². The van der Waals surface area contributed by atoms with E-state index in [0.29, 0.717) is 22.5 Å². The first-order valence-corrected chi connectivity index (χ1v) is 8.53. The highest BCUT2D eigenvalue weighted by atomic mass is 32.1. The van der Waals surface area contributed by atoms with Crippen molar-refractivity contribution in [3.05, 3.63) is 42.0 Å². The number of hydrazone groups is 1. The first-order chi connectivity index (χ1) is 11.9. The summed E-state index contributed by atoms with van der Waals surface area (Å²) in [4.78, 5) is 0. The van der Waals surface area contributed by atoms with E-state index in [1.54, 1.807) is 14.2 Å². The van der Waals surface area contributed by atoms with E-state index in [-0.39, 0.29) is 0 Å². The first-order valence-electron chi connectivity index (χ1n) is 8.12. The fourth-order valence-corrected chi connectivity index (χ4v) is 2.78. The maximum Gasteiger partial charge on any atom is 0.191 e. The monoisotopic (exact) mass is 359 g/mol. The summed E-state index contributed by atoms with van der Waals surface area (Å²) < 4.78 is 10.5. The van der Waals surface area contributed by atoms with E-state index in [1.165, 1.54) is 11.1 Å². The molecule has 0 saturated heterocycles. The molecule has 2 rings (SSSR count). The van der Waals surface area contributed by atoms with Gasteiger partial charge in [-0.1, -0.05) is 18.2 Å². The number of hydrogen-bond acceptors (Lipinski definition) is 4. The third-order valence-electron chi connectivity index (χ3n) is 4.23. The molecule has 0 bridgehead atoms. The Morgan fingerprint density at radius 2 is 2.00 bits per heavy atom. The van der Waals surface area contributed by atoms with Crippen molar-refractivity contribution in [2.24, 2.45) is 11.0 Å². The smallest absolute Gasteiger partial charge is 0.191 e. The van der Waals surface area contributed by atoms with E-state index in [4.69, 9.17) is 21.7 Å². The van der Waals surface area contributed by atoms with E-state index < -0.39 is 0 Å². The van der Waals surface area contributed by atoms with Crippen LogP contribution in [0.15, 0.2) is 47.1 Å². The minimum atomic E-state index is 0.421. The van der Waals surface area contributed by atoms with Crippen molar-refractivity contribution in [3.8, 4) is 11.5 Å². The van der Waals surface area contributed by atoms with Crippen molar-refractivity contribution in [2.75, 3.05) is 19.5 Å². The number of nitrogens with one attached hydrogen (secondary N) is 2. The molecule has 2 N–H and O–H groups in total. The van der Waals surface area contributed by atoms with Crippen molar-refractivity contribution in [2.45, 2.75) is 26.7 Å². The zero-order valence-electron chi connectivity index (χ0n) is 15.2. The van der Waals surface area contributed by atoms with Crippen LogP contribution < -0.4 is 20.2 Å². The Balaban J connectivity index is 2.01. The predicted molar refractivity (Wildman–Crippen MR) is 108 cm³/mol. The Morgan fingerprint density at radius 3 is 2.64 bits per heavy atom. The molecule has 0 spiro atoms. The van der Waals surface area contributed by atoms with Gasteiger partial charge in [-0.2, -0.15) is 5.10 Å². The molecule has 134 valence electrons. The van der Waals surface area contributed by atoms with Gasteiger partial charge in [-0.05, 0) is 62.5 Å². The topological polar surface area (TPSA) is 54.9 Å². The second kappa shape index (κ2) is 8.67. The van der Waals surface area contributed by atoms with Gasteiger partial charge in [-0.25, -0.2) is 0 Å². The van der Waals surface area contributed by atoms with Crippen LogP contribution in [0.5, 0.6) is 11.5 Å². The molecule has 1 atom stereocenters. The Morgan fingerprint density at radius 1 is 1.28 bits per heavy atom. The molecular weight excluding hydrogens is 334 g/mol. The maximum absolute atomic E-state index is 5.33. The zero-order valence-corrected chi connectivity index (χ0v) is 16.0. The number of benzene rings is 1. The van der Waals surface area contributed by atoms with Gasteiger partial charge in [0.25, 0.3) is 0 Å². The Labute approximate surface area is 154 Å². The van der Waals surface area contributed by atoms with Gasteiger partial charge in [0.15, 0.2) is 16.6 Å². The number of methoxy groups -OCH3 is 2. The van der Waals surface area contributed by atoms with Crippen LogP contribution in [0.4, 0.5) is 5.69 Å². The van der Waals surface area contributed by atoms with Gasteiger partial charge < -0.3 is 14.8 Å². The van der Waals surface area contributed by atoms with E-state index in [1.807, 2.05) is 18.2 Å². The van der Waals surface area contributed by atoms with E-state index in [2.05, 4.69) is 42.3 Å². The minimum Gasteiger partial charge on any atom is -0.493 e. The van der Waals surface area contributed by atoms with Crippen molar-refractivity contribution in [1.82, 2.24) is 5.43 Å². The van der Waals surface area contributed by atoms with Crippen LogP contribution in [0.1, 0.15) is 26.7 Å². The number of thiocarbonyl (C=S) groups is 1. The van der Waals surface area contributed by atoms with Crippen molar-refractivity contribution < 1.29 is 9.47 Å². The van der Waals surface area contributed by atoms with Crippen molar-refractivity contribution in [1.29, 1.82) is 0 Å². The van der Waals surface area contributed by atoms with Crippen LogP contribution >= 0.6 is 12.2 Å². The molecule has 0 aromatic heterocycles. The molecule has 0 amide bonds. The second-order valence-corrected chi connectivity index (χ2v) is 6.47. The summed E-state index contributed by atoms with van der Waals surface area (Å²) in [5.74, 6) is 1.74. The van der Waals surface area contributed by atoms with E-state index in [0.717, 1.165) is 24.2 Å². The number of rotatable bonds is 5. The number of hydrogen-bond donors (Lipinski definition) is 2. The average Bonchev–Trinajstić information content (AvgIpc) is 2.60. The summed E-state index contributed by atoms with van der Waals surface area (Å²) in [5.41, 5.74) is 7.09. The third-order valence-corrected chi connectivity index (χ3v) is 4.43. The van der Waals surface area contributed by atoms with E-state index in [9.17, 15) is 0 Å². The molecule has 0 aliphatic heterocycles. The lowest BCUT2D eigenvalue weighted by Crippen LogP contribution is -2.27. The van der Waals surface area contributed by atoms with Gasteiger partial charge in [0.2, 0.25) is 0 Å². The fraction of sp³-hybridized carbons (Fsp3) is 0.368. The van der Waals surface area contributed by atoms with Crippen LogP contribution in [0.25, 0.3) is 0 Å². The van der Waals surface area contributed by atoms with Crippen LogP contribution in [0.3, 0.4) is 0 Å². The average molecular weight is 359 g/mol.